The molecule has 2 aromatic rings. The summed E-state index contributed by atoms with van der Waals surface area (Å²) in [5.41, 5.74) is -2.82. The lowest BCUT2D eigenvalue weighted by Gasteiger charge is -2.28. The number of hydrogen-bond donors (Lipinski definition) is 3. The van der Waals surface area contributed by atoms with Gasteiger partial charge in [-0.15, -0.1) is 0 Å². The monoisotopic (exact) mass is 386 g/mol. The summed E-state index contributed by atoms with van der Waals surface area (Å²) >= 11 is 0. The number of halogens is 3. The maximum Gasteiger partial charge on any atom is 0.424 e. The molecule has 0 spiro atoms. The fourth-order valence-electron chi connectivity index (χ4n) is 2.57. The molecule has 0 bridgehead atoms. The smallest absolute Gasteiger partial charge is 0.424 e. The van der Waals surface area contributed by atoms with Crippen molar-refractivity contribution >= 4 is 11.7 Å². The number of nitrogens with one attached hydrogen (secondary N) is 2. The zero-order valence-electron chi connectivity index (χ0n) is 14.2. The second-order valence-electron chi connectivity index (χ2n) is 5.97. The number of hydrogen-bond acceptors (Lipinski definition) is 5. The van der Waals surface area contributed by atoms with Gasteiger partial charge in [0, 0.05) is 24.7 Å². The summed E-state index contributed by atoms with van der Waals surface area (Å²) in [7, 11) is 0. The minimum Gasteiger partial charge on any atom is -0.463 e. The quantitative estimate of drug-likeness (QED) is 0.733. The number of benzene rings is 1. The molecule has 1 aromatic heterocycles. The number of furan rings is 1. The van der Waals surface area contributed by atoms with Gasteiger partial charge in [0.2, 0.25) is 12.4 Å². The van der Waals surface area contributed by atoms with Crippen LogP contribution in [-0.2, 0) is 5.60 Å². The van der Waals surface area contributed by atoms with Gasteiger partial charge in [-0.05, 0) is 31.2 Å². The van der Waals surface area contributed by atoms with E-state index in [0.717, 1.165) is 6.07 Å². The fraction of sp³-hybridized carbons (Fsp3) is 0.353. The molecular weight excluding hydrogens is 369 g/mol. The second-order valence-corrected chi connectivity index (χ2v) is 5.97. The number of urea groups is 1. The van der Waals surface area contributed by atoms with Crippen LogP contribution in [0.25, 0.3) is 0 Å². The van der Waals surface area contributed by atoms with Gasteiger partial charge in [-0.3, -0.25) is 0 Å². The van der Waals surface area contributed by atoms with E-state index in [-0.39, 0.29) is 12.6 Å². The molecule has 10 heteroatoms. The highest BCUT2D eigenvalue weighted by atomic mass is 19.4. The Morgan fingerprint density at radius 1 is 1.19 bits per heavy atom. The Bertz CT molecular complexity index is 836. The zero-order valence-corrected chi connectivity index (χ0v) is 14.2. The summed E-state index contributed by atoms with van der Waals surface area (Å²) in [5.74, 6) is 0.601. The van der Waals surface area contributed by atoms with Gasteiger partial charge in [0.05, 0.1) is 0 Å². The van der Waals surface area contributed by atoms with Gasteiger partial charge in [0.25, 0.3) is 0 Å². The molecule has 0 saturated carbocycles. The van der Waals surface area contributed by atoms with Gasteiger partial charge < -0.3 is 29.6 Å². The SMILES string of the molecule is Cc1ccc([C@@](O)(CCNC(=O)Nc2ccc3c(c2)OCO3)C(F)(F)F)o1. The Morgan fingerprint density at radius 3 is 2.59 bits per heavy atom. The lowest BCUT2D eigenvalue weighted by atomic mass is 9.96. The van der Waals surface area contributed by atoms with E-state index >= 15 is 0 Å². The van der Waals surface area contributed by atoms with Crippen LogP contribution in [0.5, 0.6) is 11.5 Å². The number of amides is 2. The van der Waals surface area contributed by atoms with Crippen molar-refractivity contribution in [3.05, 3.63) is 41.9 Å². The Labute approximate surface area is 152 Å². The molecule has 146 valence electrons. The van der Waals surface area contributed by atoms with Gasteiger partial charge in [-0.2, -0.15) is 13.2 Å². The predicted molar refractivity (Wildman–Crippen MR) is 87.6 cm³/mol. The maximum atomic E-state index is 13.3. The first kappa shape index (κ1) is 18.9. The molecular formula is C17H17F3N2O5. The van der Waals surface area contributed by atoms with Crippen LogP contribution in [-0.4, -0.2) is 30.7 Å². The molecule has 7 nitrogen and oxygen atoms in total. The average Bonchev–Trinajstić information content (AvgIpc) is 3.22. The van der Waals surface area contributed by atoms with Gasteiger partial charge in [-0.25, -0.2) is 4.79 Å². The number of rotatable bonds is 5. The van der Waals surface area contributed by atoms with E-state index in [0.29, 0.717) is 17.2 Å². The van der Waals surface area contributed by atoms with Gasteiger partial charge in [0.1, 0.15) is 11.5 Å². The molecule has 27 heavy (non-hydrogen) atoms. The molecule has 2 heterocycles. The van der Waals surface area contributed by atoms with Crippen molar-refractivity contribution in [1.29, 1.82) is 0 Å². The van der Waals surface area contributed by atoms with E-state index in [1.165, 1.54) is 19.1 Å². The standard InChI is InChI=1S/C17H17F3N2O5/c1-10-2-5-14(27-10)16(24,17(18,19)20)6-7-21-15(23)22-11-3-4-12-13(8-11)26-9-25-12/h2-5,8,24H,6-7,9H2,1H3,(H2,21,22,23)/t16-/m0/s1. The summed E-state index contributed by atoms with van der Waals surface area (Å²) in [6.45, 7) is 1.11. The first-order valence-electron chi connectivity index (χ1n) is 7.99. The van der Waals surface area contributed by atoms with E-state index in [4.69, 9.17) is 13.9 Å². The van der Waals surface area contributed by atoms with E-state index < -0.39 is 36.5 Å². The second kappa shape index (κ2) is 7.03. The van der Waals surface area contributed by atoms with Gasteiger partial charge in [0.15, 0.2) is 11.5 Å². The van der Waals surface area contributed by atoms with Crippen LogP contribution in [0.3, 0.4) is 0 Å². The van der Waals surface area contributed by atoms with Crippen LogP contribution < -0.4 is 20.1 Å². The van der Waals surface area contributed by atoms with Crippen molar-refractivity contribution in [3.8, 4) is 11.5 Å². The molecule has 0 unspecified atom stereocenters. The Kier molecular flexibility index (Phi) is 4.92. The Balaban J connectivity index is 1.59. The van der Waals surface area contributed by atoms with E-state index in [2.05, 4.69) is 10.6 Å². The van der Waals surface area contributed by atoms with Crippen molar-refractivity contribution < 1.29 is 37.0 Å². The summed E-state index contributed by atoms with van der Waals surface area (Å²) in [5, 5.41) is 14.9. The number of anilines is 1. The van der Waals surface area contributed by atoms with Crippen LogP contribution in [0.4, 0.5) is 23.7 Å². The fourth-order valence-corrected chi connectivity index (χ4v) is 2.57. The number of aliphatic hydroxyl groups is 1. The Morgan fingerprint density at radius 2 is 1.93 bits per heavy atom. The summed E-state index contributed by atoms with van der Waals surface area (Å²) in [6.07, 6.45) is -5.77. The molecule has 3 rings (SSSR count). The lowest BCUT2D eigenvalue weighted by Crippen LogP contribution is -2.45. The van der Waals surface area contributed by atoms with Crippen molar-refractivity contribution in [2.75, 3.05) is 18.7 Å². The molecule has 2 amide bonds. The minimum atomic E-state index is -4.97. The van der Waals surface area contributed by atoms with Crippen molar-refractivity contribution in [3.63, 3.8) is 0 Å². The highest BCUT2D eigenvalue weighted by Crippen LogP contribution is 2.42. The van der Waals surface area contributed by atoms with Crippen molar-refractivity contribution in [1.82, 2.24) is 5.32 Å². The largest absolute Gasteiger partial charge is 0.463 e. The maximum absolute atomic E-state index is 13.3. The highest BCUT2D eigenvalue weighted by Gasteiger charge is 2.56. The minimum absolute atomic E-state index is 0.0766. The zero-order chi connectivity index (χ0) is 19.7. The number of carbonyl (C=O) groups excluding carboxylic acids is 1. The van der Waals surface area contributed by atoms with Crippen LogP contribution in [0, 0.1) is 6.92 Å². The first-order chi connectivity index (χ1) is 12.7. The number of ether oxygens (including phenoxy) is 2. The third-order valence-electron chi connectivity index (χ3n) is 4.02. The molecule has 0 radical (unpaired) electrons. The average molecular weight is 386 g/mol. The Hall–Kier alpha value is -2.88. The summed E-state index contributed by atoms with van der Waals surface area (Å²) in [6, 6.07) is 6.35. The predicted octanol–water partition coefficient (Wildman–Crippen LogP) is 3.28. The number of alkyl halides is 3. The number of carbonyl (C=O) groups is 1. The van der Waals surface area contributed by atoms with Gasteiger partial charge in [-0.1, -0.05) is 0 Å². The topological polar surface area (TPSA) is 93.0 Å². The first-order valence-corrected chi connectivity index (χ1v) is 7.99. The molecule has 0 fully saturated rings. The van der Waals surface area contributed by atoms with Gasteiger partial charge >= 0.3 is 12.2 Å². The highest BCUT2D eigenvalue weighted by molar-refractivity contribution is 5.89. The van der Waals surface area contributed by atoms with E-state index in [1.54, 1.807) is 12.1 Å². The number of aryl methyl sites for hydroxylation is 1. The van der Waals surface area contributed by atoms with E-state index in [9.17, 15) is 23.1 Å². The van der Waals surface area contributed by atoms with Crippen molar-refractivity contribution in [2.24, 2.45) is 0 Å². The molecule has 0 saturated heterocycles. The van der Waals surface area contributed by atoms with Crippen molar-refractivity contribution in [2.45, 2.75) is 25.1 Å². The lowest BCUT2D eigenvalue weighted by molar-refractivity contribution is -0.274. The molecule has 1 atom stereocenters. The van der Waals surface area contributed by atoms with Crippen LogP contribution in [0.15, 0.2) is 34.7 Å². The van der Waals surface area contributed by atoms with Crippen LogP contribution >= 0.6 is 0 Å². The summed E-state index contributed by atoms with van der Waals surface area (Å²) < 4.78 is 55.3. The normalized spacial score (nSPS) is 15.3. The molecule has 1 aromatic carbocycles. The summed E-state index contributed by atoms with van der Waals surface area (Å²) in [4.78, 5) is 11.9. The molecule has 1 aliphatic rings. The van der Waals surface area contributed by atoms with Crippen LogP contribution in [0.2, 0.25) is 0 Å². The number of fused-ring (bicyclic) bond motifs is 1. The molecule has 1 aliphatic heterocycles. The third-order valence-corrected chi connectivity index (χ3v) is 4.02. The third kappa shape index (κ3) is 3.95. The van der Waals surface area contributed by atoms with Crippen LogP contribution in [0.1, 0.15) is 17.9 Å². The van der Waals surface area contributed by atoms with E-state index in [1.807, 2.05) is 0 Å². The molecule has 3 N–H and O–H groups in total. The molecule has 0 aliphatic carbocycles.